The van der Waals surface area contributed by atoms with Crippen molar-refractivity contribution < 1.29 is 14.7 Å². The van der Waals surface area contributed by atoms with Gasteiger partial charge in [0, 0.05) is 58.7 Å². The van der Waals surface area contributed by atoms with Gasteiger partial charge in [-0.15, -0.1) is 0 Å². The molecule has 20 heavy (non-hydrogen) atoms. The highest BCUT2D eigenvalue weighted by Gasteiger charge is 2.33. The Kier molecular flexibility index (Phi) is 4.86. The molecule has 0 aliphatic carbocycles. The van der Waals surface area contributed by atoms with E-state index in [1.54, 1.807) is 19.0 Å². The van der Waals surface area contributed by atoms with Gasteiger partial charge >= 0.3 is 6.03 Å². The Hall–Kier alpha value is -1.30. The second-order valence-electron chi connectivity index (χ2n) is 6.06. The van der Waals surface area contributed by atoms with Crippen molar-refractivity contribution >= 4 is 11.9 Å². The van der Waals surface area contributed by atoms with Crippen LogP contribution in [0.1, 0.15) is 19.3 Å². The Labute approximate surface area is 120 Å². The van der Waals surface area contributed by atoms with Crippen LogP contribution in [-0.2, 0) is 4.79 Å². The summed E-state index contributed by atoms with van der Waals surface area (Å²) in [4.78, 5) is 29.5. The van der Waals surface area contributed by atoms with E-state index in [2.05, 4.69) is 0 Å². The molecule has 0 aromatic heterocycles. The molecule has 1 unspecified atom stereocenters. The monoisotopic (exact) mass is 283 g/mol. The molecule has 0 saturated carbocycles. The summed E-state index contributed by atoms with van der Waals surface area (Å²) in [5.74, 6) is 0.492. The van der Waals surface area contributed by atoms with Crippen LogP contribution in [-0.4, -0.2) is 78.6 Å². The number of nitrogens with zero attached hydrogens (tertiary/aromatic N) is 3. The minimum Gasteiger partial charge on any atom is -0.396 e. The van der Waals surface area contributed by atoms with Gasteiger partial charge in [0.25, 0.3) is 0 Å². The fourth-order valence-corrected chi connectivity index (χ4v) is 3.04. The lowest BCUT2D eigenvalue weighted by atomic mass is 9.95. The maximum absolute atomic E-state index is 12.4. The zero-order valence-electron chi connectivity index (χ0n) is 12.4. The first-order chi connectivity index (χ1) is 9.52. The minimum absolute atomic E-state index is 0.0254. The summed E-state index contributed by atoms with van der Waals surface area (Å²) in [7, 11) is 3.50. The SMILES string of the molecule is CN(C)C(=O)N1CCC(C(=O)N2CCC(CO)C2)CC1. The number of carbonyl (C=O) groups is 2. The third-order valence-electron chi connectivity index (χ3n) is 4.35. The van der Waals surface area contributed by atoms with Crippen LogP contribution in [0.5, 0.6) is 0 Å². The van der Waals surface area contributed by atoms with E-state index in [9.17, 15) is 9.59 Å². The van der Waals surface area contributed by atoms with Crippen molar-refractivity contribution in [2.75, 3.05) is 46.9 Å². The summed E-state index contributed by atoms with van der Waals surface area (Å²) in [6, 6.07) is 0.0254. The smallest absolute Gasteiger partial charge is 0.319 e. The maximum Gasteiger partial charge on any atom is 0.319 e. The first-order valence-electron chi connectivity index (χ1n) is 7.38. The van der Waals surface area contributed by atoms with Crippen LogP contribution in [0.2, 0.25) is 0 Å². The molecule has 0 aromatic carbocycles. The molecule has 3 amide bonds. The quantitative estimate of drug-likeness (QED) is 0.788. The summed E-state index contributed by atoms with van der Waals surface area (Å²) in [6.07, 6.45) is 2.40. The van der Waals surface area contributed by atoms with E-state index in [4.69, 9.17) is 5.11 Å². The fourth-order valence-electron chi connectivity index (χ4n) is 3.04. The van der Waals surface area contributed by atoms with Crippen LogP contribution in [0.25, 0.3) is 0 Å². The lowest BCUT2D eigenvalue weighted by Gasteiger charge is -2.34. The van der Waals surface area contributed by atoms with Gasteiger partial charge in [-0.2, -0.15) is 0 Å². The number of carbonyl (C=O) groups excluding carboxylic acids is 2. The van der Waals surface area contributed by atoms with E-state index in [0.717, 1.165) is 25.8 Å². The standard InChI is InChI=1S/C14H25N3O3/c1-15(2)14(20)16-7-4-12(5-8-16)13(19)17-6-3-11(9-17)10-18/h11-12,18H,3-10H2,1-2H3. The molecule has 2 aliphatic rings. The average Bonchev–Trinajstić information content (AvgIpc) is 2.94. The maximum atomic E-state index is 12.4. The molecule has 1 atom stereocenters. The summed E-state index contributed by atoms with van der Waals surface area (Å²) in [5.41, 5.74) is 0. The predicted octanol–water partition coefficient (Wildman–Crippen LogP) is 0.221. The number of hydrogen-bond donors (Lipinski definition) is 1. The largest absolute Gasteiger partial charge is 0.396 e. The van der Waals surface area contributed by atoms with Gasteiger partial charge in [0.1, 0.15) is 0 Å². The van der Waals surface area contributed by atoms with Gasteiger partial charge in [-0.25, -0.2) is 4.79 Å². The summed E-state index contributed by atoms with van der Waals surface area (Å²) in [6.45, 7) is 2.93. The van der Waals surface area contributed by atoms with Gasteiger partial charge in [-0.1, -0.05) is 0 Å². The highest BCUT2D eigenvalue weighted by Crippen LogP contribution is 2.24. The summed E-state index contributed by atoms with van der Waals surface area (Å²) in [5, 5.41) is 9.14. The van der Waals surface area contributed by atoms with E-state index in [0.29, 0.717) is 19.6 Å². The zero-order chi connectivity index (χ0) is 14.7. The van der Waals surface area contributed by atoms with Crippen LogP contribution < -0.4 is 0 Å². The van der Waals surface area contributed by atoms with Crippen molar-refractivity contribution in [2.45, 2.75) is 19.3 Å². The first-order valence-corrected chi connectivity index (χ1v) is 7.38. The predicted molar refractivity (Wildman–Crippen MR) is 75.2 cm³/mol. The Morgan fingerprint density at radius 1 is 1.10 bits per heavy atom. The molecule has 0 spiro atoms. The fraction of sp³-hybridized carbons (Fsp3) is 0.857. The van der Waals surface area contributed by atoms with Gasteiger partial charge in [0.2, 0.25) is 5.91 Å². The number of hydrogen-bond acceptors (Lipinski definition) is 3. The second kappa shape index (κ2) is 6.43. The molecule has 1 N–H and O–H groups in total. The number of piperidine rings is 1. The van der Waals surface area contributed by atoms with E-state index in [1.807, 2.05) is 9.80 Å². The number of likely N-dealkylation sites (tertiary alicyclic amines) is 2. The molecule has 2 aliphatic heterocycles. The molecule has 2 rings (SSSR count). The van der Waals surface area contributed by atoms with Crippen LogP contribution in [0.15, 0.2) is 0 Å². The molecule has 2 saturated heterocycles. The second-order valence-corrected chi connectivity index (χ2v) is 6.06. The lowest BCUT2D eigenvalue weighted by molar-refractivity contribution is -0.136. The van der Waals surface area contributed by atoms with Crippen molar-refractivity contribution in [3.8, 4) is 0 Å². The van der Waals surface area contributed by atoms with E-state index in [1.165, 1.54) is 0 Å². The molecule has 6 nitrogen and oxygen atoms in total. The third-order valence-corrected chi connectivity index (χ3v) is 4.35. The Morgan fingerprint density at radius 2 is 1.70 bits per heavy atom. The normalized spacial score (nSPS) is 24.1. The Balaban J connectivity index is 1.82. The van der Waals surface area contributed by atoms with Crippen molar-refractivity contribution in [2.24, 2.45) is 11.8 Å². The highest BCUT2D eigenvalue weighted by molar-refractivity contribution is 5.80. The molecule has 0 aromatic rings. The molecule has 0 bridgehead atoms. The number of amides is 3. The lowest BCUT2D eigenvalue weighted by Crippen LogP contribution is -2.47. The van der Waals surface area contributed by atoms with Crippen molar-refractivity contribution in [3.63, 3.8) is 0 Å². The first kappa shape index (κ1) is 15.1. The molecular formula is C14H25N3O3. The number of aliphatic hydroxyl groups is 1. The molecule has 114 valence electrons. The molecular weight excluding hydrogens is 258 g/mol. The van der Waals surface area contributed by atoms with E-state index < -0.39 is 0 Å². The topological polar surface area (TPSA) is 64.1 Å². The van der Waals surface area contributed by atoms with Crippen LogP contribution in [0.4, 0.5) is 4.79 Å². The van der Waals surface area contributed by atoms with Gasteiger partial charge < -0.3 is 19.8 Å². The van der Waals surface area contributed by atoms with Crippen LogP contribution >= 0.6 is 0 Å². The average molecular weight is 283 g/mol. The van der Waals surface area contributed by atoms with Gasteiger partial charge in [-0.3, -0.25) is 4.79 Å². The van der Waals surface area contributed by atoms with Crippen molar-refractivity contribution in [1.82, 2.24) is 14.7 Å². The van der Waals surface area contributed by atoms with Gasteiger partial charge in [0.05, 0.1) is 0 Å². The number of rotatable bonds is 2. The third kappa shape index (κ3) is 3.23. The number of aliphatic hydroxyl groups excluding tert-OH is 1. The summed E-state index contributed by atoms with van der Waals surface area (Å²) < 4.78 is 0. The molecule has 2 heterocycles. The molecule has 0 radical (unpaired) electrons. The van der Waals surface area contributed by atoms with E-state index in [-0.39, 0.29) is 30.4 Å². The number of urea groups is 1. The highest BCUT2D eigenvalue weighted by atomic mass is 16.3. The van der Waals surface area contributed by atoms with E-state index >= 15 is 0 Å². The Morgan fingerprint density at radius 3 is 2.20 bits per heavy atom. The van der Waals surface area contributed by atoms with Crippen molar-refractivity contribution in [1.29, 1.82) is 0 Å². The van der Waals surface area contributed by atoms with Crippen molar-refractivity contribution in [3.05, 3.63) is 0 Å². The van der Waals surface area contributed by atoms with Gasteiger partial charge in [0.15, 0.2) is 0 Å². The molecule has 2 fully saturated rings. The van der Waals surface area contributed by atoms with Crippen LogP contribution in [0.3, 0.4) is 0 Å². The Bertz CT molecular complexity index is 365. The minimum atomic E-state index is 0.0254. The van der Waals surface area contributed by atoms with Crippen LogP contribution in [0, 0.1) is 11.8 Å². The zero-order valence-corrected chi connectivity index (χ0v) is 12.4. The van der Waals surface area contributed by atoms with Gasteiger partial charge in [-0.05, 0) is 19.3 Å². The summed E-state index contributed by atoms with van der Waals surface area (Å²) >= 11 is 0. The molecule has 6 heteroatoms.